The van der Waals surface area contributed by atoms with Gasteiger partial charge in [0.1, 0.15) is 0 Å². The van der Waals surface area contributed by atoms with Gasteiger partial charge < -0.3 is 5.32 Å². The first kappa shape index (κ1) is 10.5. The molecule has 4 nitrogen and oxygen atoms in total. The van der Waals surface area contributed by atoms with Crippen molar-refractivity contribution in [3.05, 3.63) is 28.2 Å². The molecule has 0 atom stereocenters. The van der Waals surface area contributed by atoms with Crippen molar-refractivity contribution in [3.63, 3.8) is 0 Å². The summed E-state index contributed by atoms with van der Waals surface area (Å²) in [6.45, 7) is 1.07. The fraction of sp³-hybridized carbons (Fsp3) is 0.222. The molecule has 2 rings (SSSR count). The van der Waals surface area contributed by atoms with Crippen molar-refractivity contribution in [1.82, 2.24) is 5.06 Å². The average Bonchev–Trinajstić information content (AvgIpc) is 2.57. The molecule has 1 aromatic rings. The third kappa shape index (κ3) is 2.34. The Morgan fingerprint density at radius 3 is 2.80 bits per heavy atom. The van der Waals surface area contributed by atoms with Gasteiger partial charge in [-0.2, -0.15) is 0 Å². The molecule has 0 saturated carbocycles. The van der Waals surface area contributed by atoms with E-state index in [0.717, 1.165) is 5.06 Å². The lowest BCUT2D eigenvalue weighted by Crippen LogP contribution is -2.29. The molecule has 0 bridgehead atoms. The van der Waals surface area contributed by atoms with Gasteiger partial charge >= 0.3 is 0 Å². The summed E-state index contributed by atoms with van der Waals surface area (Å²) in [5.74, 6) is 0.402. The lowest BCUT2D eigenvalue weighted by Gasteiger charge is -2.14. The van der Waals surface area contributed by atoms with Crippen LogP contribution >= 0.6 is 23.2 Å². The number of hydrogen-bond acceptors (Lipinski definition) is 4. The zero-order chi connectivity index (χ0) is 10.8. The van der Waals surface area contributed by atoms with Crippen LogP contribution in [-0.4, -0.2) is 29.3 Å². The Morgan fingerprint density at radius 1 is 1.40 bits per heavy atom. The Balaban J connectivity index is 2.17. The standard InChI is InChI=1S/C9H9Cl2N3O/c10-6-1-2-8(7(11)5-6)13-9-12-3-4-14(9)15/h1-2,5,15H,3-4H2,(H,12,13). The van der Waals surface area contributed by atoms with Gasteiger partial charge in [-0.05, 0) is 18.2 Å². The van der Waals surface area contributed by atoms with Crippen LogP contribution in [0.3, 0.4) is 0 Å². The van der Waals surface area contributed by atoms with Crippen molar-refractivity contribution in [2.24, 2.45) is 4.99 Å². The van der Waals surface area contributed by atoms with Gasteiger partial charge in [-0.1, -0.05) is 23.2 Å². The van der Waals surface area contributed by atoms with E-state index in [4.69, 9.17) is 23.2 Å². The fourth-order valence-corrected chi connectivity index (χ4v) is 1.71. The number of halogens is 2. The molecule has 0 fully saturated rings. The molecule has 0 saturated heterocycles. The highest BCUT2D eigenvalue weighted by molar-refractivity contribution is 6.36. The van der Waals surface area contributed by atoms with E-state index in [9.17, 15) is 5.21 Å². The molecular weight excluding hydrogens is 237 g/mol. The third-order valence-corrected chi connectivity index (χ3v) is 2.54. The molecule has 80 valence electrons. The number of hydrogen-bond donors (Lipinski definition) is 2. The Hall–Kier alpha value is -0.970. The van der Waals surface area contributed by atoms with E-state index >= 15 is 0 Å². The van der Waals surface area contributed by atoms with Crippen molar-refractivity contribution in [2.75, 3.05) is 18.4 Å². The zero-order valence-electron chi connectivity index (χ0n) is 7.74. The second kappa shape index (κ2) is 4.26. The molecule has 0 radical (unpaired) electrons. The van der Waals surface area contributed by atoms with Crippen LogP contribution < -0.4 is 5.32 Å². The first-order valence-corrected chi connectivity index (χ1v) is 5.15. The molecule has 1 aliphatic heterocycles. The van der Waals surface area contributed by atoms with E-state index in [1.54, 1.807) is 18.2 Å². The Kier molecular flexibility index (Phi) is 3.00. The van der Waals surface area contributed by atoms with E-state index in [-0.39, 0.29) is 0 Å². The summed E-state index contributed by atoms with van der Waals surface area (Å²) < 4.78 is 0. The average molecular weight is 246 g/mol. The van der Waals surface area contributed by atoms with Crippen molar-refractivity contribution < 1.29 is 5.21 Å². The highest BCUT2D eigenvalue weighted by atomic mass is 35.5. The van der Waals surface area contributed by atoms with E-state index in [2.05, 4.69) is 10.3 Å². The number of nitrogens with zero attached hydrogens (tertiary/aromatic N) is 2. The zero-order valence-corrected chi connectivity index (χ0v) is 9.26. The lowest BCUT2D eigenvalue weighted by atomic mass is 10.3. The molecule has 6 heteroatoms. The number of aliphatic imine (C=N–C) groups is 1. The molecule has 1 heterocycles. The fourth-order valence-electron chi connectivity index (χ4n) is 1.25. The Morgan fingerprint density at radius 2 is 2.20 bits per heavy atom. The summed E-state index contributed by atoms with van der Waals surface area (Å²) in [7, 11) is 0. The van der Waals surface area contributed by atoms with Gasteiger partial charge in [0, 0.05) is 5.02 Å². The van der Waals surface area contributed by atoms with Gasteiger partial charge in [0.25, 0.3) is 0 Å². The molecule has 0 aromatic heterocycles. The minimum atomic E-state index is 0.402. The number of nitrogens with one attached hydrogen (secondary N) is 1. The van der Waals surface area contributed by atoms with Crippen molar-refractivity contribution in [1.29, 1.82) is 0 Å². The number of anilines is 1. The van der Waals surface area contributed by atoms with Crippen LogP contribution in [0.2, 0.25) is 10.0 Å². The highest BCUT2D eigenvalue weighted by Crippen LogP contribution is 2.25. The molecule has 0 amide bonds. The van der Waals surface area contributed by atoms with Crippen LogP contribution in [0.4, 0.5) is 5.69 Å². The molecule has 1 aliphatic rings. The summed E-state index contributed by atoms with van der Waals surface area (Å²) in [6, 6.07) is 5.08. The van der Waals surface area contributed by atoms with Crippen LogP contribution in [0.25, 0.3) is 0 Å². The maximum absolute atomic E-state index is 9.37. The van der Waals surface area contributed by atoms with Crippen LogP contribution in [0.1, 0.15) is 0 Å². The molecule has 15 heavy (non-hydrogen) atoms. The van der Waals surface area contributed by atoms with E-state index in [1.807, 2.05) is 0 Å². The lowest BCUT2D eigenvalue weighted by molar-refractivity contribution is -0.00269. The summed E-state index contributed by atoms with van der Waals surface area (Å²) in [4.78, 5) is 4.07. The predicted molar refractivity (Wildman–Crippen MR) is 60.9 cm³/mol. The smallest absolute Gasteiger partial charge is 0.222 e. The monoisotopic (exact) mass is 245 g/mol. The van der Waals surface area contributed by atoms with Crippen molar-refractivity contribution >= 4 is 34.8 Å². The van der Waals surface area contributed by atoms with Crippen LogP contribution in [0, 0.1) is 0 Å². The first-order valence-electron chi connectivity index (χ1n) is 4.40. The van der Waals surface area contributed by atoms with Crippen LogP contribution in [0.5, 0.6) is 0 Å². The maximum Gasteiger partial charge on any atom is 0.222 e. The Labute approximate surface area is 97.1 Å². The first-order chi connectivity index (χ1) is 7.16. The minimum absolute atomic E-state index is 0.402. The van der Waals surface area contributed by atoms with E-state index in [0.29, 0.717) is 34.8 Å². The van der Waals surface area contributed by atoms with Gasteiger partial charge in [-0.3, -0.25) is 5.21 Å². The summed E-state index contributed by atoms with van der Waals surface area (Å²) in [5, 5.41) is 14.4. The quantitative estimate of drug-likeness (QED) is 0.800. The van der Waals surface area contributed by atoms with E-state index < -0.39 is 0 Å². The number of benzene rings is 1. The van der Waals surface area contributed by atoms with Crippen LogP contribution in [0.15, 0.2) is 23.2 Å². The van der Waals surface area contributed by atoms with Crippen LogP contribution in [-0.2, 0) is 0 Å². The topological polar surface area (TPSA) is 47.9 Å². The van der Waals surface area contributed by atoms with Crippen molar-refractivity contribution in [2.45, 2.75) is 0 Å². The SMILES string of the molecule is ON1CCN=C1Nc1ccc(Cl)cc1Cl. The van der Waals surface area contributed by atoms with E-state index in [1.165, 1.54) is 0 Å². The largest absolute Gasteiger partial charge is 0.323 e. The van der Waals surface area contributed by atoms with Gasteiger partial charge in [0.05, 0.1) is 23.8 Å². The normalized spacial score (nSPS) is 15.4. The molecule has 0 unspecified atom stereocenters. The molecule has 1 aromatic carbocycles. The second-order valence-electron chi connectivity index (χ2n) is 3.08. The molecule has 2 N–H and O–H groups in total. The molecule has 0 spiro atoms. The summed E-state index contributed by atoms with van der Waals surface area (Å²) >= 11 is 11.7. The highest BCUT2D eigenvalue weighted by Gasteiger charge is 2.15. The van der Waals surface area contributed by atoms with Gasteiger partial charge in [-0.15, -0.1) is 0 Å². The Bertz CT molecular complexity index is 408. The van der Waals surface area contributed by atoms with Gasteiger partial charge in [-0.25, -0.2) is 10.1 Å². The van der Waals surface area contributed by atoms with Gasteiger partial charge in [0.2, 0.25) is 5.96 Å². The summed E-state index contributed by atoms with van der Waals surface area (Å²) in [6.07, 6.45) is 0. The minimum Gasteiger partial charge on any atom is -0.323 e. The van der Waals surface area contributed by atoms with Gasteiger partial charge in [0.15, 0.2) is 0 Å². The third-order valence-electron chi connectivity index (χ3n) is 2.00. The number of hydroxylamine groups is 2. The molecule has 0 aliphatic carbocycles. The van der Waals surface area contributed by atoms with Crippen molar-refractivity contribution in [3.8, 4) is 0 Å². The maximum atomic E-state index is 9.37. The predicted octanol–water partition coefficient (Wildman–Crippen LogP) is 2.47. The number of guanidine groups is 1. The summed E-state index contributed by atoms with van der Waals surface area (Å²) in [5.41, 5.74) is 0.667. The molecular formula is C9H9Cl2N3O. The second-order valence-corrected chi connectivity index (χ2v) is 3.92. The number of rotatable bonds is 1.